The molecule has 0 unspecified atom stereocenters. The second-order valence-corrected chi connectivity index (χ2v) is 4.19. The van der Waals surface area contributed by atoms with E-state index in [2.05, 4.69) is 10.4 Å². The quantitative estimate of drug-likeness (QED) is 0.882. The van der Waals surface area contributed by atoms with Crippen molar-refractivity contribution >= 4 is 0 Å². The van der Waals surface area contributed by atoms with Crippen LogP contribution in [0.1, 0.15) is 17.0 Å². The summed E-state index contributed by atoms with van der Waals surface area (Å²) in [6.07, 6.45) is 0. The van der Waals surface area contributed by atoms with E-state index in [1.54, 1.807) is 4.68 Å². The van der Waals surface area contributed by atoms with Crippen molar-refractivity contribution in [3.8, 4) is 5.69 Å². The third-order valence-corrected chi connectivity index (χ3v) is 2.58. The van der Waals surface area contributed by atoms with E-state index in [0.29, 0.717) is 6.54 Å². The largest absolute Gasteiger partial charge is 0.316 e. The Morgan fingerprint density at radius 1 is 1.24 bits per heavy atom. The van der Waals surface area contributed by atoms with Crippen LogP contribution in [0.3, 0.4) is 0 Å². The van der Waals surface area contributed by atoms with Crippen LogP contribution in [0.5, 0.6) is 0 Å². The zero-order valence-corrected chi connectivity index (χ0v) is 10.3. The number of halogens is 1. The van der Waals surface area contributed by atoms with Crippen molar-refractivity contribution in [2.45, 2.75) is 20.4 Å². The molecular formula is C13H16FN3. The molecule has 0 spiro atoms. The lowest BCUT2D eigenvalue weighted by Gasteiger charge is -2.07. The van der Waals surface area contributed by atoms with Crippen molar-refractivity contribution in [1.82, 2.24) is 15.1 Å². The lowest BCUT2D eigenvalue weighted by Crippen LogP contribution is -2.07. The Bertz CT molecular complexity index is 531. The fourth-order valence-corrected chi connectivity index (χ4v) is 1.95. The van der Waals surface area contributed by atoms with E-state index in [1.807, 2.05) is 33.0 Å². The number of hydrogen-bond donors (Lipinski definition) is 1. The number of aromatic nitrogens is 2. The first-order valence-corrected chi connectivity index (χ1v) is 5.58. The molecule has 2 rings (SSSR count). The molecule has 0 aliphatic heterocycles. The van der Waals surface area contributed by atoms with E-state index in [1.165, 1.54) is 12.1 Å². The molecule has 0 saturated heterocycles. The monoisotopic (exact) mass is 233 g/mol. The molecule has 1 heterocycles. The van der Waals surface area contributed by atoms with Gasteiger partial charge in [0.1, 0.15) is 5.82 Å². The van der Waals surface area contributed by atoms with E-state index in [0.717, 1.165) is 22.6 Å². The zero-order chi connectivity index (χ0) is 12.4. The zero-order valence-electron chi connectivity index (χ0n) is 10.3. The maximum absolute atomic E-state index is 13.5. The van der Waals surface area contributed by atoms with E-state index in [9.17, 15) is 4.39 Å². The summed E-state index contributed by atoms with van der Waals surface area (Å²) in [5.74, 6) is -0.236. The van der Waals surface area contributed by atoms with Gasteiger partial charge in [0.15, 0.2) is 0 Å². The molecule has 0 saturated carbocycles. The van der Waals surface area contributed by atoms with Gasteiger partial charge in [0, 0.05) is 12.2 Å². The summed E-state index contributed by atoms with van der Waals surface area (Å²) in [6.45, 7) is 4.53. The standard InChI is InChI=1S/C13H16FN3/c1-9-4-10(2)17(16-9)13-6-11(8-15-3)5-12(14)7-13/h4-7,15H,8H2,1-3H3. The van der Waals surface area contributed by atoms with Crippen molar-refractivity contribution in [2.24, 2.45) is 0 Å². The number of hydrogen-bond acceptors (Lipinski definition) is 2. The summed E-state index contributed by atoms with van der Waals surface area (Å²) in [6, 6.07) is 6.95. The van der Waals surface area contributed by atoms with Gasteiger partial charge in [-0.2, -0.15) is 5.10 Å². The Kier molecular flexibility index (Phi) is 3.24. The van der Waals surface area contributed by atoms with Crippen molar-refractivity contribution in [1.29, 1.82) is 0 Å². The van der Waals surface area contributed by atoms with Gasteiger partial charge < -0.3 is 5.32 Å². The highest BCUT2D eigenvalue weighted by molar-refractivity contribution is 5.37. The van der Waals surface area contributed by atoms with E-state index in [4.69, 9.17) is 0 Å². The first-order chi connectivity index (χ1) is 8.10. The van der Waals surface area contributed by atoms with Crippen LogP contribution in [0.4, 0.5) is 4.39 Å². The predicted molar refractivity (Wildman–Crippen MR) is 65.8 cm³/mol. The highest BCUT2D eigenvalue weighted by Crippen LogP contribution is 2.16. The summed E-state index contributed by atoms with van der Waals surface area (Å²) in [5, 5.41) is 7.37. The number of benzene rings is 1. The van der Waals surface area contributed by atoms with Gasteiger partial charge >= 0.3 is 0 Å². The Hall–Kier alpha value is -1.68. The van der Waals surface area contributed by atoms with Gasteiger partial charge in [-0.15, -0.1) is 0 Å². The molecule has 0 amide bonds. The Labute approximate surface area is 100 Å². The van der Waals surface area contributed by atoms with Crippen LogP contribution in [-0.2, 0) is 6.54 Å². The van der Waals surface area contributed by atoms with Crippen molar-refractivity contribution in [3.63, 3.8) is 0 Å². The van der Waals surface area contributed by atoms with Crippen LogP contribution < -0.4 is 5.32 Å². The van der Waals surface area contributed by atoms with Crippen LogP contribution in [0.2, 0.25) is 0 Å². The van der Waals surface area contributed by atoms with Gasteiger partial charge in [0.2, 0.25) is 0 Å². The maximum Gasteiger partial charge on any atom is 0.125 e. The van der Waals surface area contributed by atoms with E-state index >= 15 is 0 Å². The minimum atomic E-state index is -0.236. The topological polar surface area (TPSA) is 29.9 Å². The van der Waals surface area contributed by atoms with Crippen LogP contribution in [-0.4, -0.2) is 16.8 Å². The Balaban J connectivity index is 2.48. The molecule has 4 heteroatoms. The number of nitrogens with zero attached hydrogens (tertiary/aromatic N) is 2. The highest BCUT2D eigenvalue weighted by atomic mass is 19.1. The smallest absolute Gasteiger partial charge is 0.125 e. The molecule has 3 nitrogen and oxygen atoms in total. The lowest BCUT2D eigenvalue weighted by atomic mass is 10.2. The van der Waals surface area contributed by atoms with Gasteiger partial charge in [-0.25, -0.2) is 9.07 Å². The minimum Gasteiger partial charge on any atom is -0.316 e. The van der Waals surface area contributed by atoms with Crippen molar-refractivity contribution in [3.05, 3.63) is 47.0 Å². The summed E-state index contributed by atoms with van der Waals surface area (Å²) < 4.78 is 15.3. The fourth-order valence-electron chi connectivity index (χ4n) is 1.95. The van der Waals surface area contributed by atoms with Crippen LogP contribution in [0.25, 0.3) is 5.69 Å². The molecule has 1 N–H and O–H groups in total. The Morgan fingerprint density at radius 2 is 2.00 bits per heavy atom. The van der Waals surface area contributed by atoms with Crippen molar-refractivity contribution < 1.29 is 4.39 Å². The second-order valence-electron chi connectivity index (χ2n) is 4.19. The average Bonchev–Trinajstić information content (AvgIpc) is 2.57. The molecule has 0 atom stereocenters. The summed E-state index contributed by atoms with van der Waals surface area (Å²) in [4.78, 5) is 0. The van der Waals surface area contributed by atoms with Gasteiger partial charge in [0.25, 0.3) is 0 Å². The SMILES string of the molecule is CNCc1cc(F)cc(-n2nc(C)cc2C)c1. The average molecular weight is 233 g/mol. The minimum absolute atomic E-state index is 0.236. The van der Waals surface area contributed by atoms with Gasteiger partial charge in [-0.3, -0.25) is 0 Å². The van der Waals surface area contributed by atoms with Gasteiger partial charge in [0.05, 0.1) is 11.4 Å². The molecule has 0 bridgehead atoms. The molecule has 0 aliphatic carbocycles. The number of aryl methyl sites for hydroxylation is 2. The molecule has 1 aromatic heterocycles. The molecule has 17 heavy (non-hydrogen) atoms. The van der Waals surface area contributed by atoms with Crippen LogP contribution >= 0.6 is 0 Å². The van der Waals surface area contributed by atoms with Crippen molar-refractivity contribution in [2.75, 3.05) is 7.05 Å². The number of nitrogens with one attached hydrogen (secondary N) is 1. The fraction of sp³-hybridized carbons (Fsp3) is 0.308. The predicted octanol–water partition coefficient (Wildman–Crippen LogP) is 2.35. The molecule has 2 aromatic rings. The van der Waals surface area contributed by atoms with Gasteiger partial charge in [-0.05, 0) is 50.7 Å². The van der Waals surface area contributed by atoms with Gasteiger partial charge in [-0.1, -0.05) is 0 Å². The van der Waals surface area contributed by atoms with E-state index in [-0.39, 0.29) is 5.82 Å². The molecule has 90 valence electrons. The third kappa shape index (κ3) is 2.53. The number of rotatable bonds is 3. The second kappa shape index (κ2) is 4.67. The molecule has 0 radical (unpaired) electrons. The van der Waals surface area contributed by atoms with Crippen LogP contribution in [0.15, 0.2) is 24.3 Å². The highest BCUT2D eigenvalue weighted by Gasteiger charge is 2.06. The summed E-state index contributed by atoms with van der Waals surface area (Å²) >= 11 is 0. The third-order valence-electron chi connectivity index (χ3n) is 2.58. The summed E-state index contributed by atoms with van der Waals surface area (Å²) in [7, 11) is 1.84. The first-order valence-electron chi connectivity index (χ1n) is 5.58. The normalized spacial score (nSPS) is 10.8. The Morgan fingerprint density at radius 3 is 2.59 bits per heavy atom. The molecule has 0 aliphatic rings. The summed E-state index contributed by atoms with van der Waals surface area (Å²) in [5.41, 5.74) is 3.61. The maximum atomic E-state index is 13.5. The lowest BCUT2D eigenvalue weighted by molar-refractivity contribution is 0.620. The molecule has 1 aromatic carbocycles. The van der Waals surface area contributed by atoms with Crippen LogP contribution in [0, 0.1) is 19.7 Å². The molecular weight excluding hydrogens is 217 g/mol. The molecule has 0 fully saturated rings. The van der Waals surface area contributed by atoms with E-state index < -0.39 is 0 Å². The first kappa shape index (κ1) is 11.8.